The number of nitrogens with zero attached hydrogens (tertiary/aromatic N) is 4. The molecule has 2 rings (SSSR count). The first-order valence-electron chi connectivity index (χ1n) is 4.99. The van der Waals surface area contributed by atoms with Crippen LogP contribution < -0.4 is 5.73 Å². The minimum atomic E-state index is -0.0769. The van der Waals surface area contributed by atoms with Crippen LogP contribution in [0.1, 0.15) is 24.4 Å². The Labute approximate surface area is 103 Å². The van der Waals surface area contributed by atoms with E-state index < -0.39 is 0 Å². The summed E-state index contributed by atoms with van der Waals surface area (Å²) in [5, 5.41) is 13.1. The summed E-state index contributed by atoms with van der Waals surface area (Å²) in [5.41, 5.74) is 7.38. The van der Waals surface area contributed by atoms with Crippen molar-refractivity contribution in [2.75, 3.05) is 0 Å². The first-order chi connectivity index (χ1) is 8.11. The molecule has 1 heterocycles. The van der Waals surface area contributed by atoms with Crippen LogP contribution in [0.5, 0.6) is 0 Å². The second kappa shape index (κ2) is 4.53. The number of halogens is 1. The largest absolute Gasteiger partial charge is 0.324 e. The fourth-order valence-electron chi connectivity index (χ4n) is 1.42. The standard InChI is InChI=1S/C11H10ClN5/c1-7(14)8-2-3-10(9(12)4-8)17-6-15-11(5-13)16-17/h2-4,6-7H,14H2,1H3/t7-/m0/s1. The van der Waals surface area contributed by atoms with Crippen LogP contribution in [0.3, 0.4) is 0 Å². The maximum Gasteiger partial charge on any atom is 0.252 e. The van der Waals surface area contributed by atoms with E-state index in [0.29, 0.717) is 10.7 Å². The smallest absolute Gasteiger partial charge is 0.252 e. The highest BCUT2D eigenvalue weighted by atomic mass is 35.5. The zero-order valence-electron chi connectivity index (χ0n) is 9.13. The molecule has 0 amide bonds. The van der Waals surface area contributed by atoms with E-state index in [0.717, 1.165) is 5.56 Å². The zero-order valence-corrected chi connectivity index (χ0v) is 9.89. The monoisotopic (exact) mass is 247 g/mol. The lowest BCUT2D eigenvalue weighted by molar-refractivity contribution is 0.814. The van der Waals surface area contributed by atoms with Crippen molar-refractivity contribution in [2.24, 2.45) is 5.73 Å². The highest BCUT2D eigenvalue weighted by molar-refractivity contribution is 6.32. The van der Waals surface area contributed by atoms with Crippen LogP contribution in [0.4, 0.5) is 0 Å². The maximum atomic E-state index is 8.65. The van der Waals surface area contributed by atoms with E-state index in [1.54, 1.807) is 12.1 Å². The Morgan fingerprint density at radius 3 is 2.82 bits per heavy atom. The van der Waals surface area contributed by atoms with Crippen molar-refractivity contribution in [3.8, 4) is 11.8 Å². The van der Waals surface area contributed by atoms with Gasteiger partial charge in [-0.1, -0.05) is 17.7 Å². The number of aromatic nitrogens is 3. The number of nitriles is 1. The molecule has 2 aromatic rings. The van der Waals surface area contributed by atoms with E-state index in [1.807, 2.05) is 19.1 Å². The summed E-state index contributed by atoms with van der Waals surface area (Å²) >= 11 is 6.13. The molecular weight excluding hydrogens is 238 g/mol. The molecule has 0 aliphatic rings. The van der Waals surface area contributed by atoms with E-state index in [1.165, 1.54) is 11.0 Å². The quantitative estimate of drug-likeness (QED) is 0.878. The lowest BCUT2D eigenvalue weighted by Crippen LogP contribution is -2.05. The van der Waals surface area contributed by atoms with Crippen molar-refractivity contribution >= 4 is 11.6 Å². The molecular formula is C11H10ClN5. The molecule has 1 atom stereocenters. The molecule has 2 N–H and O–H groups in total. The molecule has 1 aromatic carbocycles. The number of benzene rings is 1. The summed E-state index contributed by atoms with van der Waals surface area (Å²) in [6.45, 7) is 1.88. The van der Waals surface area contributed by atoms with Crippen molar-refractivity contribution in [1.82, 2.24) is 14.8 Å². The Morgan fingerprint density at radius 1 is 1.53 bits per heavy atom. The number of rotatable bonds is 2. The second-order valence-corrected chi connectivity index (χ2v) is 4.03. The molecule has 0 bridgehead atoms. The molecule has 6 heteroatoms. The average Bonchev–Trinajstić information content (AvgIpc) is 2.77. The number of nitrogens with two attached hydrogens (primary N) is 1. The Kier molecular flexibility index (Phi) is 3.09. The van der Waals surface area contributed by atoms with Crippen LogP contribution in [0, 0.1) is 11.3 Å². The molecule has 0 aliphatic heterocycles. The van der Waals surface area contributed by atoms with Gasteiger partial charge in [-0.15, -0.1) is 5.10 Å². The van der Waals surface area contributed by atoms with Crippen LogP contribution in [-0.4, -0.2) is 14.8 Å². The molecule has 5 nitrogen and oxygen atoms in total. The van der Waals surface area contributed by atoms with Gasteiger partial charge in [-0.2, -0.15) is 5.26 Å². The summed E-state index contributed by atoms with van der Waals surface area (Å²) in [7, 11) is 0. The molecule has 0 saturated carbocycles. The predicted molar refractivity (Wildman–Crippen MR) is 63.7 cm³/mol. The SMILES string of the molecule is C[C@H](N)c1ccc(-n2cnc(C#N)n2)c(Cl)c1. The van der Waals surface area contributed by atoms with Gasteiger partial charge in [0.1, 0.15) is 12.4 Å². The number of hydrogen-bond donors (Lipinski definition) is 1. The van der Waals surface area contributed by atoms with Gasteiger partial charge in [0.15, 0.2) is 0 Å². The first-order valence-corrected chi connectivity index (χ1v) is 5.37. The zero-order chi connectivity index (χ0) is 12.4. The van der Waals surface area contributed by atoms with Crippen LogP contribution in [0.2, 0.25) is 5.02 Å². The van der Waals surface area contributed by atoms with Gasteiger partial charge in [0.2, 0.25) is 0 Å². The third kappa shape index (κ3) is 2.28. The van der Waals surface area contributed by atoms with E-state index in [4.69, 9.17) is 22.6 Å². The topological polar surface area (TPSA) is 80.5 Å². The van der Waals surface area contributed by atoms with Gasteiger partial charge in [0, 0.05) is 6.04 Å². The van der Waals surface area contributed by atoms with Crippen molar-refractivity contribution in [3.05, 3.63) is 40.9 Å². The Bertz CT molecular complexity index is 582. The molecule has 0 saturated heterocycles. The summed E-state index contributed by atoms with van der Waals surface area (Å²) < 4.78 is 1.46. The van der Waals surface area contributed by atoms with Crippen molar-refractivity contribution in [1.29, 1.82) is 5.26 Å². The normalized spacial score (nSPS) is 12.1. The maximum absolute atomic E-state index is 8.65. The van der Waals surface area contributed by atoms with Crippen molar-refractivity contribution in [3.63, 3.8) is 0 Å². The summed E-state index contributed by atoms with van der Waals surface area (Å²) in [4.78, 5) is 3.82. The minimum absolute atomic E-state index is 0.0769. The number of hydrogen-bond acceptors (Lipinski definition) is 4. The third-order valence-corrected chi connectivity index (χ3v) is 2.64. The van der Waals surface area contributed by atoms with Gasteiger partial charge >= 0.3 is 0 Å². The van der Waals surface area contributed by atoms with Crippen LogP contribution in [-0.2, 0) is 0 Å². The van der Waals surface area contributed by atoms with Gasteiger partial charge in [-0.05, 0) is 24.6 Å². The van der Waals surface area contributed by atoms with Gasteiger partial charge in [0.05, 0.1) is 10.7 Å². The summed E-state index contributed by atoms with van der Waals surface area (Å²) in [5.74, 6) is 0.109. The van der Waals surface area contributed by atoms with Gasteiger partial charge in [-0.3, -0.25) is 0 Å². The minimum Gasteiger partial charge on any atom is -0.324 e. The molecule has 1 aromatic heterocycles. The molecule has 0 aliphatic carbocycles. The molecule has 86 valence electrons. The van der Waals surface area contributed by atoms with Crippen LogP contribution in [0.15, 0.2) is 24.5 Å². The van der Waals surface area contributed by atoms with Crippen LogP contribution in [0.25, 0.3) is 5.69 Å². The lowest BCUT2D eigenvalue weighted by Gasteiger charge is -2.09. The van der Waals surface area contributed by atoms with E-state index in [9.17, 15) is 0 Å². The highest BCUT2D eigenvalue weighted by Gasteiger charge is 2.08. The highest BCUT2D eigenvalue weighted by Crippen LogP contribution is 2.23. The third-order valence-electron chi connectivity index (χ3n) is 2.34. The second-order valence-electron chi connectivity index (χ2n) is 3.62. The molecule has 0 unspecified atom stereocenters. The van der Waals surface area contributed by atoms with Gasteiger partial charge in [-0.25, -0.2) is 9.67 Å². The molecule has 0 fully saturated rings. The van der Waals surface area contributed by atoms with E-state index >= 15 is 0 Å². The predicted octanol–water partition coefficient (Wildman–Crippen LogP) is 1.81. The fraction of sp³-hybridized carbons (Fsp3) is 0.182. The van der Waals surface area contributed by atoms with Gasteiger partial charge < -0.3 is 5.73 Å². The molecule has 0 radical (unpaired) electrons. The summed E-state index contributed by atoms with van der Waals surface area (Å²) in [6, 6.07) is 7.25. The molecule has 0 spiro atoms. The lowest BCUT2D eigenvalue weighted by atomic mass is 10.1. The Morgan fingerprint density at radius 2 is 2.29 bits per heavy atom. The fourth-order valence-corrected chi connectivity index (χ4v) is 1.70. The van der Waals surface area contributed by atoms with Crippen molar-refractivity contribution < 1.29 is 0 Å². The summed E-state index contributed by atoms with van der Waals surface area (Å²) in [6.07, 6.45) is 1.45. The van der Waals surface area contributed by atoms with Gasteiger partial charge in [0.25, 0.3) is 5.82 Å². The Balaban J connectivity index is 2.43. The van der Waals surface area contributed by atoms with E-state index in [-0.39, 0.29) is 11.9 Å². The van der Waals surface area contributed by atoms with E-state index in [2.05, 4.69) is 10.1 Å². The van der Waals surface area contributed by atoms with Crippen molar-refractivity contribution in [2.45, 2.75) is 13.0 Å². The van der Waals surface area contributed by atoms with Crippen LogP contribution >= 0.6 is 11.6 Å². The first kappa shape index (κ1) is 11.6. The molecule has 17 heavy (non-hydrogen) atoms. The average molecular weight is 248 g/mol. The Hall–Kier alpha value is -1.90.